The SMILES string of the molecule is CCCCCCCC(=O)NC(COP(=O)([O-])[O-])c1cccc([N-]S(C)(=O)=O)c1.[Na+].[Na+].[Na+]. The molecule has 0 saturated heterocycles. The molecule has 1 N–H and O–H groups in total. The molecule has 0 radical (unpaired) electrons. The van der Waals surface area contributed by atoms with Gasteiger partial charge < -0.3 is 28.9 Å². The topological polar surface area (TPSA) is 150 Å². The number of carbonyl (C=O) groups excluding carboxylic acids is 1. The molecule has 0 bridgehead atoms. The average molecular weight is 502 g/mol. The number of sulfonamides is 1. The number of unbranched alkanes of at least 4 members (excludes halogenated alkanes) is 4. The maximum Gasteiger partial charge on any atom is 1.00 e. The number of hydrogen-bond donors (Lipinski definition) is 1. The minimum absolute atomic E-state index is 0. The van der Waals surface area contributed by atoms with Crippen LogP contribution in [0.5, 0.6) is 0 Å². The Bertz CT molecular complexity index is 794. The molecule has 1 aromatic carbocycles. The van der Waals surface area contributed by atoms with E-state index in [-0.39, 0.29) is 107 Å². The van der Waals surface area contributed by atoms with Gasteiger partial charge in [-0.05, 0) is 12.0 Å². The first-order chi connectivity index (χ1) is 13.0. The van der Waals surface area contributed by atoms with Crippen molar-refractivity contribution in [3.05, 3.63) is 34.6 Å². The Morgan fingerprint density at radius 1 is 1.16 bits per heavy atom. The molecule has 1 rings (SSSR count). The quantitative estimate of drug-likeness (QED) is 0.160. The first kappa shape index (κ1) is 37.1. The number of carbonyl (C=O) groups is 1. The Hall–Kier alpha value is 1.55. The fourth-order valence-corrected chi connectivity index (χ4v) is 3.36. The third-order valence-corrected chi connectivity index (χ3v) is 4.79. The number of nitrogens with one attached hydrogen (secondary N) is 1. The van der Waals surface area contributed by atoms with Crippen LogP contribution in [0.3, 0.4) is 0 Å². The molecule has 0 aliphatic heterocycles. The first-order valence-corrected chi connectivity index (χ1v) is 12.3. The van der Waals surface area contributed by atoms with E-state index in [1.54, 1.807) is 6.07 Å². The molecule has 0 saturated carbocycles. The fourth-order valence-electron chi connectivity index (χ4n) is 2.53. The monoisotopic (exact) mass is 502 g/mol. The van der Waals surface area contributed by atoms with E-state index < -0.39 is 30.5 Å². The summed E-state index contributed by atoms with van der Waals surface area (Å²) in [5, 5.41) is 2.63. The molecule has 0 aliphatic carbocycles. The molecule has 160 valence electrons. The zero-order valence-corrected chi connectivity index (χ0v) is 26.7. The summed E-state index contributed by atoms with van der Waals surface area (Å²) < 4.78 is 41.3. The van der Waals surface area contributed by atoms with Crippen molar-refractivity contribution in [2.45, 2.75) is 51.5 Å². The van der Waals surface area contributed by atoms with Crippen LogP contribution in [0.4, 0.5) is 5.69 Å². The van der Waals surface area contributed by atoms with Crippen LogP contribution < -0.4 is 104 Å². The average Bonchev–Trinajstić information content (AvgIpc) is 2.56. The Balaban J connectivity index is -0.00000261. The molecule has 1 aromatic rings. The van der Waals surface area contributed by atoms with E-state index in [1.807, 2.05) is 0 Å². The van der Waals surface area contributed by atoms with Gasteiger partial charge in [0.2, 0.25) is 5.91 Å². The molecule has 14 heteroatoms. The van der Waals surface area contributed by atoms with Crippen molar-refractivity contribution in [1.29, 1.82) is 0 Å². The number of amides is 1. The van der Waals surface area contributed by atoms with Gasteiger partial charge in [-0.3, -0.25) is 4.79 Å². The molecule has 1 amide bonds. The predicted octanol–water partition coefficient (Wildman–Crippen LogP) is -6.97. The Labute approximate surface area is 251 Å². The largest absolute Gasteiger partial charge is 1.00 e. The smallest absolute Gasteiger partial charge is 0.790 e. The van der Waals surface area contributed by atoms with E-state index in [1.165, 1.54) is 18.2 Å². The maximum atomic E-state index is 12.2. The molecular formula is C17H26N2Na3O7PS. The molecule has 1 atom stereocenters. The number of nitrogens with zero attached hydrogens (tertiary/aromatic N) is 1. The second-order valence-electron chi connectivity index (χ2n) is 6.45. The number of phosphoric acid groups is 1. The normalized spacial score (nSPS) is 11.9. The van der Waals surface area contributed by atoms with Crippen LogP contribution in [0, 0.1) is 0 Å². The van der Waals surface area contributed by atoms with Gasteiger partial charge in [0.05, 0.1) is 30.5 Å². The van der Waals surface area contributed by atoms with E-state index in [0.717, 1.165) is 31.9 Å². The number of rotatable bonds is 13. The van der Waals surface area contributed by atoms with E-state index in [2.05, 4.69) is 21.5 Å². The number of phosphoric ester groups is 1. The second kappa shape index (κ2) is 18.8. The van der Waals surface area contributed by atoms with E-state index >= 15 is 0 Å². The van der Waals surface area contributed by atoms with Crippen molar-refractivity contribution in [2.75, 3.05) is 12.9 Å². The second-order valence-corrected chi connectivity index (χ2v) is 9.25. The summed E-state index contributed by atoms with van der Waals surface area (Å²) in [5.41, 5.74) is 0.490. The van der Waals surface area contributed by atoms with E-state index in [0.29, 0.717) is 12.0 Å². The summed E-state index contributed by atoms with van der Waals surface area (Å²) in [6.07, 6.45) is 5.99. The van der Waals surface area contributed by atoms with Gasteiger partial charge in [0.15, 0.2) is 0 Å². The van der Waals surface area contributed by atoms with Crippen molar-refractivity contribution < 1.29 is 121 Å². The van der Waals surface area contributed by atoms with Gasteiger partial charge in [-0.2, -0.15) is 0 Å². The van der Waals surface area contributed by atoms with Crippen LogP contribution in [0.1, 0.15) is 57.1 Å². The molecule has 0 aliphatic rings. The Morgan fingerprint density at radius 2 is 1.77 bits per heavy atom. The van der Waals surface area contributed by atoms with Gasteiger partial charge in [0.25, 0.3) is 0 Å². The zero-order chi connectivity index (χ0) is 21.2. The van der Waals surface area contributed by atoms with Crippen molar-refractivity contribution >= 4 is 29.4 Å². The van der Waals surface area contributed by atoms with Crippen molar-refractivity contribution in [3.8, 4) is 0 Å². The minimum Gasteiger partial charge on any atom is -0.790 e. The van der Waals surface area contributed by atoms with Gasteiger partial charge in [-0.25, -0.2) is 8.42 Å². The molecule has 9 nitrogen and oxygen atoms in total. The maximum absolute atomic E-state index is 12.2. The summed E-state index contributed by atoms with van der Waals surface area (Å²) in [7, 11) is -8.87. The fraction of sp³-hybridized carbons (Fsp3) is 0.588. The minimum atomic E-state index is -5.23. The molecule has 31 heavy (non-hydrogen) atoms. The Morgan fingerprint density at radius 3 is 2.32 bits per heavy atom. The van der Waals surface area contributed by atoms with Crippen LogP contribution in [0.25, 0.3) is 4.72 Å². The third-order valence-electron chi connectivity index (χ3n) is 3.79. The predicted molar refractivity (Wildman–Crippen MR) is 102 cm³/mol. The van der Waals surface area contributed by atoms with Crippen molar-refractivity contribution in [1.82, 2.24) is 5.32 Å². The summed E-state index contributed by atoms with van der Waals surface area (Å²) in [6.45, 7) is 1.50. The van der Waals surface area contributed by atoms with Gasteiger partial charge in [0.1, 0.15) is 0 Å². The number of benzene rings is 1. The zero-order valence-electron chi connectivity index (χ0n) is 19.0. The van der Waals surface area contributed by atoms with Gasteiger partial charge in [-0.1, -0.05) is 56.9 Å². The molecule has 0 aromatic heterocycles. The number of hydrogen-bond acceptors (Lipinski definition) is 7. The Kier molecular flexibility index (Phi) is 22.5. The van der Waals surface area contributed by atoms with Crippen molar-refractivity contribution in [3.63, 3.8) is 0 Å². The molecular weight excluding hydrogens is 476 g/mol. The van der Waals surface area contributed by atoms with Crippen molar-refractivity contribution in [2.24, 2.45) is 0 Å². The summed E-state index contributed by atoms with van der Waals surface area (Å²) in [4.78, 5) is 33.8. The molecule has 0 fully saturated rings. The van der Waals surface area contributed by atoms with Crippen LogP contribution in [0.15, 0.2) is 24.3 Å². The van der Waals surface area contributed by atoms with Gasteiger partial charge in [0, 0.05) is 12.7 Å². The van der Waals surface area contributed by atoms with Crippen LogP contribution in [0.2, 0.25) is 0 Å². The standard InChI is InChI=1S/C17H28N2O7PS.3Na/c1-3-4-5-6-7-11-17(20)18-16(13-26-27(21,22)23)14-9-8-10-15(12-14)19-28(2,24)25;;;/h8-10,12,16H,3-7,11,13H2,1-2H3,(H,18,20)(H2,21,22,23);;;/q-1;3*+1/p-2. The molecule has 0 heterocycles. The van der Waals surface area contributed by atoms with Crippen LogP contribution in [-0.4, -0.2) is 27.2 Å². The van der Waals surface area contributed by atoms with Crippen LogP contribution in [-0.2, 0) is 23.9 Å². The van der Waals surface area contributed by atoms with Gasteiger partial charge >= 0.3 is 88.7 Å². The third kappa shape index (κ3) is 19.5. The van der Waals surface area contributed by atoms with Crippen LogP contribution >= 0.6 is 7.82 Å². The molecule has 1 unspecified atom stereocenters. The van der Waals surface area contributed by atoms with Gasteiger partial charge in [-0.15, -0.1) is 5.69 Å². The summed E-state index contributed by atoms with van der Waals surface area (Å²) >= 11 is 0. The molecule has 0 spiro atoms. The van der Waals surface area contributed by atoms with E-state index in [4.69, 9.17) is 0 Å². The van der Waals surface area contributed by atoms with E-state index in [9.17, 15) is 27.6 Å². The first-order valence-electron chi connectivity index (χ1n) is 8.99. The summed E-state index contributed by atoms with van der Waals surface area (Å²) in [6, 6.07) is 4.96. The summed E-state index contributed by atoms with van der Waals surface area (Å²) in [5.74, 6) is -0.317.